The van der Waals surface area contributed by atoms with Gasteiger partial charge in [-0.1, -0.05) is 70.2 Å². The molecule has 0 fully saturated rings. The monoisotopic (exact) mass is 340 g/mol. The van der Waals surface area contributed by atoms with Gasteiger partial charge >= 0.3 is 0 Å². The van der Waals surface area contributed by atoms with Crippen molar-refractivity contribution in [2.24, 2.45) is 5.41 Å². The molecule has 0 aliphatic rings. The number of allylic oxidation sites excluding steroid dienone is 4. The summed E-state index contributed by atoms with van der Waals surface area (Å²) in [5.74, 6) is 0. The first-order chi connectivity index (χ1) is 7.96. The van der Waals surface area contributed by atoms with Crippen molar-refractivity contribution in [1.82, 2.24) is 0 Å². The molecule has 0 nitrogen and oxygen atoms in total. The predicted octanol–water partition coefficient (Wildman–Crippen LogP) is 5.85. The summed E-state index contributed by atoms with van der Waals surface area (Å²) in [7, 11) is 0. The first kappa shape index (κ1) is 14.5. The van der Waals surface area contributed by atoms with E-state index in [1.807, 2.05) is 0 Å². The Morgan fingerprint density at radius 3 is 2.24 bits per heavy atom. The number of benzene rings is 1. The molecule has 92 valence electrons. The Kier molecular flexibility index (Phi) is 5.44. The molecular weight excluding hydrogens is 319 g/mol. The molecular formula is C16H21I. The van der Waals surface area contributed by atoms with Crippen molar-refractivity contribution in [1.29, 1.82) is 0 Å². The minimum atomic E-state index is 0.198. The molecule has 0 bridgehead atoms. The molecule has 1 heteroatoms. The van der Waals surface area contributed by atoms with Crippen LogP contribution in [0.2, 0.25) is 0 Å². The quantitative estimate of drug-likeness (QED) is 0.479. The highest BCUT2D eigenvalue weighted by Crippen LogP contribution is 2.37. The van der Waals surface area contributed by atoms with E-state index in [1.165, 1.54) is 14.7 Å². The third-order valence-corrected chi connectivity index (χ3v) is 4.70. The molecule has 0 unspecified atom stereocenters. The number of hydrogen-bond acceptors (Lipinski definition) is 0. The van der Waals surface area contributed by atoms with E-state index in [4.69, 9.17) is 0 Å². The van der Waals surface area contributed by atoms with Gasteiger partial charge in [-0.25, -0.2) is 0 Å². The van der Waals surface area contributed by atoms with Crippen LogP contribution in [0.4, 0.5) is 0 Å². The Morgan fingerprint density at radius 2 is 1.76 bits per heavy atom. The van der Waals surface area contributed by atoms with Crippen molar-refractivity contribution in [3.8, 4) is 0 Å². The highest BCUT2D eigenvalue weighted by Gasteiger charge is 2.18. The Hall–Kier alpha value is -0.570. The van der Waals surface area contributed by atoms with Crippen LogP contribution in [0, 0.1) is 5.41 Å². The predicted molar refractivity (Wildman–Crippen MR) is 86.3 cm³/mol. The van der Waals surface area contributed by atoms with Crippen molar-refractivity contribution in [3.05, 3.63) is 51.6 Å². The summed E-state index contributed by atoms with van der Waals surface area (Å²) in [4.78, 5) is 0. The van der Waals surface area contributed by atoms with E-state index in [-0.39, 0.29) is 5.41 Å². The topological polar surface area (TPSA) is 0 Å². The maximum Gasteiger partial charge on any atom is 0.00378 e. The maximum atomic E-state index is 2.48. The van der Waals surface area contributed by atoms with Gasteiger partial charge in [0.25, 0.3) is 0 Å². The maximum absolute atomic E-state index is 2.48. The zero-order valence-corrected chi connectivity index (χ0v) is 13.3. The molecule has 0 aromatic heterocycles. The molecule has 1 rings (SSSR count). The van der Waals surface area contributed by atoms with E-state index >= 15 is 0 Å². The molecule has 0 heterocycles. The van der Waals surface area contributed by atoms with Gasteiger partial charge in [0.15, 0.2) is 0 Å². The second kappa shape index (κ2) is 6.39. The summed E-state index contributed by atoms with van der Waals surface area (Å²) in [6.45, 7) is 8.95. The van der Waals surface area contributed by atoms with E-state index in [2.05, 4.69) is 92.8 Å². The first-order valence-corrected chi connectivity index (χ1v) is 7.17. The van der Waals surface area contributed by atoms with Crippen LogP contribution in [-0.2, 0) is 0 Å². The highest BCUT2D eigenvalue weighted by atomic mass is 127. The van der Waals surface area contributed by atoms with Crippen molar-refractivity contribution in [2.75, 3.05) is 0 Å². The summed E-state index contributed by atoms with van der Waals surface area (Å²) in [5, 5.41) is 0. The van der Waals surface area contributed by atoms with E-state index in [0.29, 0.717) is 0 Å². The van der Waals surface area contributed by atoms with Crippen LogP contribution < -0.4 is 0 Å². The molecule has 1 aromatic rings. The summed E-state index contributed by atoms with van der Waals surface area (Å²) in [5.41, 5.74) is 2.85. The van der Waals surface area contributed by atoms with Gasteiger partial charge < -0.3 is 0 Å². The number of hydrogen-bond donors (Lipinski definition) is 0. The van der Waals surface area contributed by atoms with E-state index in [0.717, 1.165) is 6.42 Å². The molecule has 0 aliphatic heterocycles. The van der Waals surface area contributed by atoms with Gasteiger partial charge in [-0.3, -0.25) is 0 Å². The van der Waals surface area contributed by atoms with Gasteiger partial charge in [0.2, 0.25) is 0 Å². The highest BCUT2D eigenvalue weighted by molar-refractivity contribution is 14.1. The van der Waals surface area contributed by atoms with Crippen LogP contribution >= 0.6 is 22.6 Å². The lowest BCUT2D eigenvalue weighted by Gasteiger charge is -2.21. The Labute approximate surface area is 119 Å². The van der Waals surface area contributed by atoms with Gasteiger partial charge in [0.05, 0.1) is 0 Å². The lowest BCUT2D eigenvalue weighted by molar-refractivity contribution is 0.541. The average Bonchev–Trinajstić information content (AvgIpc) is 2.29. The van der Waals surface area contributed by atoms with Crippen LogP contribution in [-0.4, -0.2) is 0 Å². The van der Waals surface area contributed by atoms with Gasteiger partial charge in [-0.15, -0.1) is 0 Å². The molecule has 0 radical (unpaired) electrons. The Morgan fingerprint density at radius 1 is 1.18 bits per heavy atom. The van der Waals surface area contributed by atoms with Crippen molar-refractivity contribution in [2.45, 2.75) is 34.1 Å². The Bertz CT molecular complexity index is 405. The van der Waals surface area contributed by atoms with E-state index in [1.54, 1.807) is 0 Å². The number of halogens is 1. The zero-order chi connectivity index (χ0) is 12.9. The zero-order valence-electron chi connectivity index (χ0n) is 11.1. The van der Waals surface area contributed by atoms with Crippen molar-refractivity contribution in [3.63, 3.8) is 0 Å². The van der Waals surface area contributed by atoms with Crippen molar-refractivity contribution < 1.29 is 0 Å². The second-order valence-corrected chi connectivity index (χ2v) is 6.23. The minimum absolute atomic E-state index is 0.198. The lowest BCUT2D eigenvalue weighted by Crippen LogP contribution is -2.06. The summed E-state index contributed by atoms with van der Waals surface area (Å²) in [6.07, 6.45) is 5.56. The third-order valence-electron chi connectivity index (χ3n) is 2.50. The van der Waals surface area contributed by atoms with Crippen LogP contribution in [0.5, 0.6) is 0 Å². The fourth-order valence-corrected chi connectivity index (χ4v) is 2.04. The smallest absolute Gasteiger partial charge is 0.00378 e. The molecule has 0 N–H and O–H groups in total. The van der Waals surface area contributed by atoms with Crippen LogP contribution in [0.25, 0.3) is 5.57 Å². The van der Waals surface area contributed by atoms with Gasteiger partial charge in [-0.2, -0.15) is 0 Å². The third kappa shape index (κ3) is 4.30. The number of rotatable bonds is 3. The van der Waals surface area contributed by atoms with Gasteiger partial charge in [0.1, 0.15) is 0 Å². The molecule has 1 aromatic carbocycles. The molecule has 17 heavy (non-hydrogen) atoms. The Balaban J connectivity index is 3.27. The van der Waals surface area contributed by atoms with Crippen LogP contribution in [0.1, 0.15) is 39.7 Å². The van der Waals surface area contributed by atoms with Gasteiger partial charge in [-0.05, 0) is 45.6 Å². The minimum Gasteiger partial charge on any atom is -0.0842 e. The molecule has 0 saturated carbocycles. The first-order valence-electron chi connectivity index (χ1n) is 6.09. The normalized spacial score (nSPS) is 13.9. The lowest BCUT2D eigenvalue weighted by atomic mass is 9.90. The van der Waals surface area contributed by atoms with Crippen LogP contribution in [0.15, 0.2) is 46.1 Å². The van der Waals surface area contributed by atoms with Gasteiger partial charge in [0, 0.05) is 3.58 Å². The molecule has 0 atom stereocenters. The molecule has 0 saturated heterocycles. The van der Waals surface area contributed by atoms with Crippen molar-refractivity contribution >= 4 is 28.2 Å². The van der Waals surface area contributed by atoms with E-state index in [9.17, 15) is 0 Å². The standard InChI is InChI=1S/C16H21I/c1-5-6-12-14(15(17)16(2,3)4)13-10-8-7-9-11-13/h6-12H,5H2,1-4H3/b12-6-,15-14+. The largest absolute Gasteiger partial charge is 0.0842 e. The SMILES string of the molecule is CC/C=C\C(=C(/I)C(C)(C)C)c1ccccc1. The van der Waals surface area contributed by atoms with E-state index < -0.39 is 0 Å². The summed E-state index contributed by atoms with van der Waals surface area (Å²) in [6, 6.07) is 10.6. The second-order valence-electron chi connectivity index (χ2n) is 5.15. The average molecular weight is 340 g/mol. The molecule has 0 spiro atoms. The van der Waals surface area contributed by atoms with Crippen LogP contribution in [0.3, 0.4) is 0 Å². The summed E-state index contributed by atoms with van der Waals surface area (Å²) < 4.78 is 1.41. The fraction of sp³-hybridized carbons (Fsp3) is 0.375. The molecule has 0 aliphatic carbocycles. The molecule has 0 amide bonds. The fourth-order valence-electron chi connectivity index (χ4n) is 1.55. The summed E-state index contributed by atoms with van der Waals surface area (Å²) >= 11 is 2.48.